The maximum absolute atomic E-state index is 12.5. The molecule has 1 heterocycles. The average Bonchev–Trinajstić information content (AvgIpc) is 2.96. The molecule has 0 aliphatic carbocycles. The maximum atomic E-state index is 12.5. The molecule has 1 aromatic carbocycles. The molecule has 1 fully saturated rings. The highest BCUT2D eigenvalue weighted by Gasteiger charge is 2.23. The van der Waals surface area contributed by atoms with E-state index in [1.165, 1.54) is 18.2 Å². The molecule has 23 heavy (non-hydrogen) atoms. The van der Waals surface area contributed by atoms with E-state index < -0.39 is 16.0 Å². The largest absolute Gasteiger partial charge is 0.478 e. The lowest BCUT2D eigenvalue weighted by atomic mass is 10.2. The molecular formula is C15H22N2O5S. The van der Waals surface area contributed by atoms with Crippen LogP contribution in [0.15, 0.2) is 23.1 Å². The number of carboxylic acid groups (broad SMARTS) is 1. The van der Waals surface area contributed by atoms with E-state index in [2.05, 4.69) is 10.0 Å². The lowest BCUT2D eigenvalue weighted by molar-refractivity contribution is 0.0696. The van der Waals surface area contributed by atoms with Gasteiger partial charge in [0.2, 0.25) is 10.0 Å². The summed E-state index contributed by atoms with van der Waals surface area (Å²) in [4.78, 5) is 11.1. The Hall–Kier alpha value is -1.64. The number of nitrogens with one attached hydrogen (secondary N) is 2. The Balaban J connectivity index is 2.30. The molecule has 0 radical (unpaired) electrons. The number of sulfonamides is 1. The number of aromatic carboxylic acids is 1. The van der Waals surface area contributed by atoms with Gasteiger partial charge in [0, 0.05) is 19.2 Å². The summed E-state index contributed by atoms with van der Waals surface area (Å²) in [5.41, 5.74) is 0.301. The molecule has 1 aliphatic rings. The van der Waals surface area contributed by atoms with Crippen LogP contribution in [-0.4, -0.2) is 44.8 Å². The number of anilines is 1. The Morgan fingerprint density at radius 3 is 2.74 bits per heavy atom. The molecule has 2 rings (SSSR count). The quantitative estimate of drug-likeness (QED) is 0.696. The molecule has 1 saturated heterocycles. The molecule has 1 unspecified atom stereocenters. The predicted octanol–water partition coefficient (Wildman–Crippen LogP) is 1.66. The summed E-state index contributed by atoms with van der Waals surface area (Å²) < 4.78 is 32.9. The van der Waals surface area contributed by atoms with Crippen molar-refractivity contribution >= 4 is 21.7 Å². The molecular weight excluding hydrogens is 320 g/mol. The fourth-order valence-electron chi connectivity index (χ4n) is 2.43. The van der Waals surface area contributed by atoms with Crippen LogP contribution in [0.3, 0.4) is 0 Å². The highest BCUT2D eigenvalue weighted by Crippen LogP contribution is 2.24. The van der Waals surface area contributed by atoms with Crippen LogP contribution in [0.5, 0.6) is 0 Å². The molecule has 8 heteroatoms. The van der Waals surface area contributed by atoms with Gasteiger partial charge in [-0.05, 0) is 44.9 Å². The van der Waals surface area contributed by atoms with Gasteiger partial charge < -0.3 is 15.2 Å². The molecule has 7 nitrogen and oxygen atoms in total. The van der Waals surface area contributed by atoms with E-state index in [9.17, 15) is 13.2 Å². The van der Waals surface area contributed by atoms with Crippen LogP contribution in [0.1, 0.15) is 37.0 Å². The van der Waals surface area contributed by atoms with Crippen molar-refractivity contribution in [1.29, 1.82) is 0 Å². The van der Waals surface area contributed by atoms with E-state index >= 15 is 0 Å². The number of rotatable bonds is 7. The monoisotopic (exact) mass is 342 g/mol. The van der Waals surface area contributed by atoms with Crippen LogP contribution in [0, 0.1) is 0 Å². The predicted molar refractivity (Wildman–Crippen MR) is 86.3 cm³/mol. The van der Waals surface area contributed by atoms with Crippen molar-refractivity contribution in [3.8, 4) is 0 Å². The molecule has 1 aromatic rings. The van der Waals surface area contributed by atoms with Crippen molar-refractivity contribution in [1.82, 2.24) is 4.72 Å². The van der Waals surface area contributed by atoms with Gasteiger partial charge in [-0.3, -0.25) is 0 Å². The highest BCUT2D eigenvalue weighted by atomic mass is 32.2. The zero-order valence-electron chi connectivity index (χ0n) is 13.2. The first-order chi connectivity index (χ1) is 10.8. The number of ether oxygens (including phenoxy) is 1. The summed E-state index contributed by atoms with van der Waals surface area (Å²) in [5, 5.41) is 12.2. The molecule has 0 saturated carbocycles. The van der Waals surface area contributed by atoms with E-state index in [-0.39, 0.29) is 22.6 Å². The Morgan fingerprint density at radius 1 is 1.43 bits per heavy atom. The number of carboxylic acids is 1. The van der Waals surface area contributed by atoms with Crippen LogP contribution in [0.25, 0.3) is 0 Å². The third-order valence-corrected chi connectivity index (χ3v) is 5.15. The van der Waals surface area contributed by atoms with Crippen LogP contribution < -0.4 is 10.0 Å². The van der Waals surface area contributed by atoms with Crippen molar-refractivity contribution in [2.75, 3.05) is 18.5 Å². The summed E-state index contributed by atoms with van der Waals surface area (Å²) in [5.74, 6) is -1.17. The third-order valence-electron chi connectivity index (χ3n) is 3.45. The first-order valence-electron chi connectivity index (χ1n) is 7.55. The second-order valence-electron chi connectivity index (χ2n) is 5.81. The summed E-state index contributed by atoms with van der Waals surface area (Å²) in [6.45, 7) is 4.61. The van der Waals surface area contributed by atoms with Gasteiger partial charge in [0.05, 0.1) is 17.4 Å². The third kappa shape index (κ3) is 4.66. The molecule has 0 aromatic heterocycles. The number of carbonyl (C=O) groups is 1. The van der Waals surface area contributed by atoms with Gasteiger partial charge in [0.15, 0.2) is 0 Å². The molecule has 0 bridgehead atoms. The molecule has 0 spiro atoms. The summed E-state index contributed by atoms with van der Waals surface area (Å²) in [6, 6.07) is 3.74. The van der Waals surface area contributed by atoms with Gasteiger partial charge in [-0.2, -0.15) is 0 Å². The number of hydrogen-bond acceptors (Lipinski definition) is 5. The zero-order valence-corrected chi connectivity index (χ0v) is 14.0. The van der Waals surface area contributed by atoms with Crippen molar-refractivity contribution in [3.63, 3.8) is 0 Å². The second-order valence-corrected chi connectivity index (χ2v) is 7.49. The van der Waals surface area contributed by atoms with E-state index in [4.69, 9.17) is 9.84 Å². The Labute approximate surface area is 136 Å². The molecule has 1 atom stereocenters. The maximum Gasteiger partial charge on any atom is 0.335 e. The lowest BCUT2D eigenvalue weighted by Crippen LogP contribution is -2.31. The van der Waals surface area contributed by atoms with Crippen LogP contribution in [-0.2, 0) is 14.8 Å². The van der Waals surface area contributed by atoms with Crippen LogP contribution in [0.2, 0.25) is 0 Å². The van der Waals surface area contributed by atoms with E-state index in [1.807, 2.05) is 0 Å². The van der Waals surface area contributed by atoms with Crippen molar-refractivity contribution < 1.29 is 23.1 Å². The average molecular weight is 342 g/mol. The highest BCUT2D eigenvalue weighted by molar-refractivity contribution is 7.89. The first kappa shape index (κ1) is 17.7. The molecule has 128 valence electrons. The number of benzene rings is 1. The normalized spacial score (nSPS) is 18.3. The Kier molecular flexibility index (Phi) is 5.61. The van der Waals surface area contributed by atoms with Gasteiger partial charge in [-0.25, -0.2) is 17.9 Å². The number of hydrogen-bond donors (Lipinski definition) is 3. The lowest BCUT2D eigenvalue weighted by Gasteiger charge is -2.17. The summed E-state index contributed by atoms with van der Waals surface area (Å²) in [7, 11) is -3.81. The van der Waals surface area contributed by atoms with E-state index in [0.717, 1.165) is 12.8 Å². The minimum Gasteiger partial charge on any atom is -0.478 e. The van der Waals surface area contributed by atoms with Crippen molar-refractivity contribution in [2.45, 2.75) is 43.7 Å². The van der Waals surface area contributed by atoms with Crippen molar-refractivity contribution in [3.05, 3.63) is 23.8 Å². The summed E-state index contributed by atoms with van der Waals surface area (Å²) >= 11 is 0. The fraction of sp³-hybridized carbons (Fsp3) is 0.533. The standard InChI is InChI=1S/C15H22N2O5S/c1-10(2)17-23(20,21)14-8-11(15(18)19)5-6-13(14)16-9-12-4-3-7-22-12/h5-6,8,10,12,16-17H,3-4,7,9H2,1-2H3,(H,18,19). The van der Waals surface area contributed by atoms with Crippen LogP contribution in [0.4, 0.5) is 5.69 Å². The Bertz CT molecular complexity index is 666. The van der Waals surface area contributed by atoms with Gasteiger partial charge in [0.1, 0.15) is 4.90 Å². The van der Waals surface area contributed by atoms with Gasteiger partial charge >= 0.3 is 5.97 Å². The van der Waals surface area contributed by atoms with E-state index in [1.54, 1.807) is 13.8 Å². The SMILES string of the molecule is CC(C)NS(=O)(=O)c1cc(C(=O)O)ccc1NCC1CCCO1. The smallest absolute Gasteiger partial charge is 0.335 e. The second kappa shape index (κ2) is 7.29. The first-order valence-corrected chi connectivity index (χ1v) is 9.03. The summed E-state index contributed by atoms with van der Waals surface area (Å²) in [6.07, 6.45) is 1.96. The zero-order chi connectivity index (χ0) is 17.0. The molecule has 0 amide bonds. The topological polar surface area (TPSA) is 105 Å². The fourth-order valence-corrected chi connectivity index (χ4v) is 3.89. The molecule has 3 N–H and O–H groups in total. The van der Waals surface area contributed by atoms with Gasteiger partial charge in [-0.1, -0.05) is 0 Å². The van der Waals surface area contributed by atoms with Gasteiger partial charge in [0.25, 0.3) is 0 Å². The van der Waals surface area contributed by atoms with Crippen LogP contribution >= 0.6 is 0 Å². The van der Waals surface area contributed by atoms with Crippen molar-refractivity contribution in [2.24, 2.45) is 0 Å². The minimum absolute atomic E-state index is 0.0442. The van der Waals surface area contributed by atoms with Gasteiger partial charge in [-0.15, -0.1) is 0 Å². The Morgan fingerprint density at radius 2 is 2.17 bits per heavy atom. The molecule has 1 aliphatic heterocycles. The minimum atomic E-state index is -3.81. The van der Waals surface area contributed by atoms with E-state index in [0.29, 0.717) is 18.8 Å².